The van der Waals surface area contributed by atoms with Gasteiger partial charge in [-0.15, -0.1) is 11.5 Å². The van der Waals surface area contributed by atoms with Gasteiger partial charge in [0.05, 0.1) is 12.7 Å². The summed E-state index contributed by atoms with van der Waals surface area (Å²) >= 11 is 0. The van der Waals surface area contributed by atoms with Crippen molar-refractivity contribution in [3.63, 3.8) is 0 Å². The molecule has 0 spiro atoms. The van der Waals surface area contributed by atoms with Crippen molar-refractivity contribution < 1.29 is 9.84 Å². The molecule has 116 valence electrons. The van der Waals surface area contributed by atoms with Gasteiger partial charge in [-0.05, 0) is 24.8 Å². The quantitative estimate of drug-likeness (QED) is 0.447. The van der Waals surface area contributed by atoms with Crippen LogP contribution in [0.1, 0.15) is 31.2 Å². The Hall–Kier alpha value is -1.08. The highest BCUT2D eigenvalue weighted by atomic mass is 28.3. The zero-order valence-electron chi connectivity index (χ0n) is 13.6. The molecule has 0 aromatic heterocycles. The van der Waals surface area contributed by atoms with Gasteiger partial charge in [-0.3, -0.25) is 0 Å². The number of rotatable bonds is 8. The first-order chi connectivity index (χ1) is 9.97. The fourth-order valence-electron chi connectivity index (χ4n) is 1.88. The molecule has 0 aliphatic carbocycles. The molecule has 1 rings (SSSR count). The minimum Gasteiger partial charge on any atom is -0.392 e. The molecule has 0 fully saturated rings. The third-order valence-corrected chi connectivity index (χ3v) is 3.92. The topological polar surface area (TPSA) is 29.5 Å². The number of aliphatic hydroxyl groups excluding tert-OH is 1. The van der Waals surface area contributed by atoms with E-state index in [1.165, 1.54) is 5.56 Å². The largest absolute Gasteiger partial charge is 0.392 e. The zero-order valence-corrected chi connectivity index (χ0v) is 14.6. The van der Waals surface area contributed by atoms with Gasteiger partial charge < -0.3 is 9.84 Å². The van der Waals surface area contributed by atoms with Crippen LogP contribution in [0, 0.1) is 11.5 Å². The molecule has 21 heavy (non-hydrogen) atoms. The number of unbranched alkanes of at least 4 members (excludes halogenated alkanes) is 1. The molecule has 0 unspecified atom stereocenters. The summed E-state index contributed by atoms with van der Waals surface area (Å²) < 4.78 is 5.62. The second-order valence-electron chi connectivity index (χ2n) is 6.44. The summed E-state index contributed by atoms with van der Waals surface area (Å²) in [7, 11) is -1.30. The summed E-state index contributed by atoms with van der Waals surface area (Å²) in [6.07, 6.45) is 3.11. The Morgan fingerprint density at radius 3 is 2.52 bits per heavy atom. The SMILES string of the molecule is C[Si](C)(C)C#CC[C@H](O)CCCCOCc1ccccc1. The lowest BCUT2D eigenvalue weighted by Crippen LogP contribution is -2.16. The molecule has 0 radical (unpaired) electrons. The predicted octanol–water partition coefficient (Wildman–Crippen LogP) is 4.01. The molecular weight excluding hydrogens is 276 g/mol. The number of benzene rings is 1. The van der Waals surface area contributed by atoms with E-state index >= 15 is 0 Å². The van der Waals surface area contributed by atoms with E-state index in [1.807, 2.05) is 18.2 Å². The highest BCUT2D eigenvalue weighted by Gasteiger charge is 2.08. The number of hydrogen-bond donors (Lipinski definition) is 1. The first-order valence-corrected chi connectivity index (χ1v) is 11.3. The molecule has 1 aromatic carbocycles. The van der Waals surface area contributed by atoms with Crippen LogP contribution in [0.4, 0.5) is 0 Å². The molecule has 1 atom stereocenters. The number of aliphatic hydroxyl groups is 1. The Bertz CT molecular complexity index is 440. The van der Waals surface area contributed by atoms with Crippen molar-refractivity contribution in [2.24, 2.45) is 0 Å². The first-order valence-electron chi connectivity index (χ1n) is 7.77. The van der Waals surface area contributed by atoms with E-state index in [9.17, 15) is 5.11 Å². The number of hydrogen-bond acceptors (Lipinski definition) is 2. The van der Waals surface area contributed by atoms with Crippen LogP contribution >= 0.6 is 0 Å². The molecule has 0 heterocycles. The second kappa shape index (κ2) is 9.78. The van der Waals surface area contributed by atoms with Crippen molar-refractivity contribution in [1.82, 2.24) is 0 Å². The zero-order chi connectivity index (χ0) is 15.6. The summed E-state index contributed by atoms with van der Waals surface area (Å²) in [5, 5.41) is 9.85. The minimum atomic E-state index is -1.30. The van der Waals surface area contributed by atoms with Gasteiger partial charge in [-0.2, -0.15) is 0 Å². The minimum absolute atomic E-state index is 0.289. The average Bonchev–Trinajstić information content (AvgIpc) is 2.42. The van der Waals surface area contributed by atoms with E-state index in [0.717, 1.165) is 25.9 Å². The van der Waals surface area contributed by atoms with Gasteiger partial charge in [-0.1, -0.05) is 50.0 Å². The molecule has 0 saturated carbocycles. The van der Waals surface area contributed by atoms with Crippen LogP contribution in [0.3, 0.4) is 0 Å². The monoisotopic (exact) mass is 304 g/mol. The second-order valence-corrected chi connectivity index (χ2v) is 11.2. The van der Waals surface area contributed by atoms with E-state index in [-0.39, 0.29) is 6.10 Å². The van der Waals surface area contributed by atoms with Gasteiger partial charge in [0.1, 0.15) is 8.07 Å². The van der Waals surface area contributed by atoms with Crippen LogP contribution in [0.2, 0.25) is 19.6 Å². The smallest absolute Gasteiger partial charge is 0.129 e. The van der Waals surface area contributed by atoms with E-state index in [2.05, 4.69) is 43.2 Å². The van der Waals surface area contributed by atoms with Gasteiger partial charge >= 0.3 is 0 Å². The van der Waals surface area contributed by atoms with Gasteiger partial charge in [0, 0.05) is 13.0 Å². The van der Waals surface area contributed by atoms with Crippen LogP contribution in [0.5, 0.6) is 0 Å². The van der Waals surface area contributed by atoms with Crippen molar-refractivity contribution in [2.45, 2.75) is 58.0 Å². The van der Waals surface area contributed by atoms with Crippen molar-refractivity contribution in [3.05, 3.63) is 35.9 Å². The summed E-state index contributed by atoms with van der Waals surface area (Å²) in [5.74, 6) is 3.13. The lowest BCUT2D eigenvalue weighted by Gasteiger charge is -2.08. The Morgan fingerprint density at radius 1 is 1.14 bits per heavy atom. The maximum absolute atomic E-state index is 9.85. The molecule has 0 aliphatic rings. The lowest BCUT2D eigenvalue weighted by atomic mass is 10.1. The van der Waals surface area contributed by atoms with Crippen molar-refractivity contribution in [1.29, 1.82) is 0 Å². The van der Waals surface area contributed by atoms with E-state index in [1.54, 1.807) is 0 Å². The molecule has 3 heteroatoms. The fraction of sp³-hybridized carbons (Fsp3) is 0.556. The Morgan fingerprint density at radius 2 is 1.86 bits per heavy atom. The van der Waals surface area contributed by atoms with Gasteiger partial charge in [0.15, 0.2) is 0 Å². The maximum Gasteiger partial charge on any atom is 0.129 e. The van der Waals surface area contributed by atoms with Crippen molar-refractivity contribution in [2.75, 3.05) is 6.61 Å². The highest BCUT2D eigenvalue weighted by Crippen LogP contribution is 2.06. The van der Waals surface area contributed by atoms with E-state index in [4.69, 9.17) is 4.74 Å². The Labute approximate surface area is 130 Å². The van der Waals surface area contributed by atoms with Crippen LogP contribution in [-0.2, 0) is 11.3 Å². The normalized spacial score (nSPS) is 12.6. The van der Waals surface area contributed by atoms with Crippen molar-refractivity contribution in [3.8, 4) is 11.5 Å². The summed E-state index contributed by atoms with van der Waals surface area (Å²) in [4.78, 5) is 0. The number of ether oxygens (including phenoxy) is 1. The van der Waals surface area contributed by atoms with E-state index < -0.39 is 8.07 Å². The molecule has 2 nitrogen and oxygen atoms in total. The lowest BCUT2D eigenvalue weighted by molar-refractivity contribution is 0.110. The molecule has 0 amide bonds. The Balaban J connectivity index is 2.02. The highest BCUT2D eigenvalue weighted by molar-refractivity contribution is 6.83. The first kappa shape index (κ1) is 18.0. The maximum atomic E-state index is 9.85. The van der Waals surface area contributed by atoms with Crippen LogP contribution in [-0.4, -0.2) is 25.9 Å². The predicted molar refractivity (Wildman–Crippen MR) is 91.7 cm³/mol. The van der Waals surface area contributed by atoms with Crippen LogP contribution < -0.4 is 0 Å². The molecule has 0 bridgehead atoms. The van der Waals surface area contributed by atoms with Gasteiger partial charge in [0.2, 0.25) is 0 Å². The molecule has 1 aromatic rings. The summed E-state index contributed by atoms with van der Waals surface area (Å²) in [6, 6.07) is 10.2. The Kier molecular flexibility index (Phi) is 8.37. The summed E-state index contributed by atoms with van der Waals surface area (Å²) in [5.41, 5.74) is 4.49. The third-order valence-electron chi connectivity index (χ3n) is 2.99. The fourth-order valence-corrected chi connectivity index (χ4v) is 2.52. The van der Waals surface area contributed by atoms with E-state index in [0.29, 0.717) is 13.0 Å². The van der Waals surface area contributed by atoms with Gasteiger partial charge in [0.25, 0.3) is 0 Å². The van der Waals surface area contributed by atoms with Crippen molar-refractivity contribution >= 4 is 8.07 Å². The molecule has 1 N–H and O–H groups in total. The van der Waals surface area contributed by atoms with Crippen LogP contribution in [0.25, 0.3) is 0 Å². The summed E-state index contributed by atoms with van der Waals surface area (Å²) in [6.45, 7) is 8.08. The molecular formula is C18H28O2Si. The van der Waals surface area contributed by atoms with Crippen LogP contribution in [0.15, 0.2) is 30.3 Å². The third kappa shape index (κ3) is 10.3. The van der Waals surface area contributed by atoms with Gasteiger partial charge in [-0.25, -0.2) is 0 Å². The molecule has 0 aliphatic heterocycles. The molecule has 0 saturated heterocycles. The standard InChI is InChI=1S/C18H28O2Si/c1-21(2,3)15-9-13-18(19)12-7-8-14-20-16-17-10-5-4-6-11-17/h4-6,10-11,18-19H,7-8,12-14,16H2,1-3H3/t18-/m1/s1. The average molecular weight is 305 g/mol.